The molecule has 0 fully saturated rings. The number of carbonyl (C=O) groups is 1. The second-order valence-corrected chi connectivity index (χ2v) is 4.12. The molecular formula is C15H13NO3. The molecule has 0 spiro atoms. The molecule has 0 saturated carbocycles. The molecule has 2 aromatic rings. The first-order valence-corrected chi connectivity index (χ1v) is 5.79. The van der Waals surface area contributed by atoms with E-state index in [1.807, 2.05) is 28.8 Å². The summed E-state index contributed by atoms with van der Waals surface area (Å²) < 4.78 is 1.91. The lowest BCUT2D eigenvalue weighted by atomic mass is 10.1. The molecule has 0 aliphatic carbocycles. The molecule has 2 rings (SSSR count). The lowest BCUT2D eigenvalue weighted by Gasteiger charge is -2.06. The predicted octanol–water partition coefficient (Wildman–Crippen LogP) is 1.99. The molecule has 0 unspecified atom stereocenters. The van der Waals surface area contributed by atoms with Crippen LogP contribution in [0.1, 0.15) is 11.1 Å². The number of hydrogen-bond donors (Lipinski definition) is 1. The maximum Gasteiger partial charge on any atom is 0.328 e. The monoisotopic (exact) mass is 255 g/mol. The third-order valence-corrected chi connectivity index (χ3v) is 2.62. The lowest BCUT2D eigenvalue weighted by molar-refractivity contribution is -0.131. The molecule has 0 aliphatic rings. The van der Waals surface area contributed by atoms with E-state index in [0.29, 0.717) is 6.54 Å². The highest BCUT2D eigenvalue weighted by Crippen LogP contribution is 2.07. The number of rotatable bonds is 4. The summed E-state index contributed by atoms with van der Waals surface area (Å²) >= 11 is 0. The van der Waals surface area contributed by atoms with Gasteiger partial charge in [0.05, 0.1) is 0 Å². The predicted molar refractivity (Wildman–Crippen MR) is 72.9 cm³/mol. The number of aromatic nitrogens is 1. The van der Waals surface area contributed by atoms with Crippen LogP contribution in [0.4, 0.5) is 0 Å². The van der Waals surface area contributed by atoms with E-state index in [2.05, 4.69) is 0 Å². The molecule has 4 heteroatoms. The molecule has 4 nitrogen and oxygen atoms in total. The van der Waals surface area contributed by atoms with Gasteiger partial charge in [-0.15, -0.1) is 0 Å². The van der Waals surface area contributed by atoms with Crippen molar-refractivity contribution in [3.8, 4) is 0 Å². The fourth-order valence-electron chi connectivity index (χ4n) is 1.66. The first kappa shape index (κ1) is 12.8. The SMILES string of the molecule is O=C(O)C=Cc1ccc(Cn2ccc(=O)cc2)cc1. The van der Waals surface area contributed by atoms with Crippen molar-refractivity contribution in [1.29, 1.82) is 0 Å². The van der Waals surface area contributed by atoms with Gasteiger partial charge in [-0.1, -0.05) is 24.3 Å². The van der Waals surface area contributed by atoms with Gasteiger partial charge in [0.15, 0.2) is 5.43 Å². The van der Waals surface area contributed by atoms with Gasteiger partial charge >= 0.3 is 5.97 Å². The quantitative estimate of drug-likeness (QED) is 0.850. The first-order valence-electron chi connectivity index (χ1n) is 5.79. The minimum Gasteiger partial charge on any atom is -0.478 e. The van der Waals surface area contributed by atoms with Crippen molar-refractivity contribution in [2.45, 2.75) is 6.54 Å². The van der Waals surface area contributed by atoms with Crippen molar-refractivity contribution in [1.82, 2.24) is 4.57 Å². The van der Waals surface area contributed by atoms with Crippen molar-refractivity contribution in [3.05, 3.63) is 76.2 Å². The summed E-state index contributed by atoms with van der Waals surface area (Å²) in [5.74, 6) is -0.961. The number of nitrogens with zero attached hydrogens (tertiary/aromatic N) is 1. The summed E-state index contributed by atoms with van der Waals surface area (Å²) in [5, 5.41) is 8.53. The van der Waals surface area contributed by atoms with Crippen molar-refractivity contribution >= 4 is 12.0 Å². The second-order valence-electron chi connectivity index (χ2n) is 4.12. The van der Waals surface area contributed by atoms with Crippen molar-refractivity contribution < 1.29 is 9.90 Å². The Bertz CT molecular complexity index is 633. The fourth-order valence-corrected chi connectivity index (χ4v) is 1.66. The lowest BCUT2D eigenvalue weighted by Crippen LogP contribution is -2.04. The Morgan fingerprint density at radius 2 is 1.74 bits per heavy atom. The van der Waals surface area contributed by atoms with E-state index in [1.165, 1.54) is 12.1 Å². The van der Waals surface area contributed by atoms with Crippen molar-refractivity contribution in [2.24, 2.45) is 0 Å². The minimum atomic E-state index is -0.961. The molecule has 1 aromatic heterocycles. The third kappa shape index (κ3) is 3.96. The Balaban J connectivity index is 2.08. The Kier molecular flexibility index (Phi) is 3.93. The molecule has 0 atom stereocenters. The highest BCUT2D eigenvalue weighted by molar-refractivity contribution is 5.85. The van der Waals surface area contributed by atoms with E-state index in [0.717, 1.165) is 17.2 Å². The maximum absolute atomic E-state index is 11.0. The van der Waals surface area contributed by atoms with Crippen LogP contribution in [0.15, 0.2) is 59.7 Å². The van der Waals surface area contributed by atoms with E-state index in [9.17, 15) is 9.59 Å². The zero-order valence-corrected chi connectivity index (χ0v) is 10.2. The fraction of sp³-hybridized carbons (Fsp3) is 0.0667. The largest absolute Gasteiger partial charge is 0.478 e. The van der Waals surface area contributed by atoms with Crippen LogP contribution in [0.3, 0.4) is 0 Å². The Hall–Kier alpha value is -2.62. The molecule has 1 heterocycles. The molecule has 0 aliphatic heterocycles. The summed E-state index contributed by atoms with van der Waals surface area (Å²) in [5.41, 5.74) is 1.91. The normalized spacial score (nSPS) is 10.7. The molecular weight excluding hydrogens is 242 g/mol. The molecule has 1 aromatic carbocycles. The van der Waals surface area contributed by atoms with Crippen LogP contribution in [0.5, 0.6) is 0 Å². The number of pyridine rings is 1. The summed E-state index contributed by atoms with van der Waals surface area (Å²) in [7, 11) is 0. The van der Waals surface area contributed by atoms with Crippen LogP contribution in [-0.4, -0.2) is 15.6 Å². The average Bonchev–Trinajstić information content (AvgIpc) is 2.40. The van der Waals surface area contributed by atoms with Gasteiger partial charge in [-0.25, -0.2) is 4.79 Å². The van der Waals surface area contributed by atoms with Crippen LogP contribution >= 0.6 is 0 Å². The molecule has 1 N–H and O–H groups in total. The van der Waals surface area contributed by atoms with E-state index < -0.39 is 5.97 Å². The molecule has 0 radical (unpaired) electrons. The Morgan fingerprint density at radius 3 is 2.32 bits per heavy atom. The standard InChI is InChI=1S/C15H13NO3/c17-14-7-9-16(10-8-14)11-13-3-1-12(2-4-13)5-6-15(18)19/h1-10H,11H2,(H,18,19). The topological polar surface area (TPSA) is 59.3 Å². The summed E-state index contributed by atoms with van der Waals surface area (Å²) in [6.07, 6.45) is 6.13. The maximum atomic E-state index is 11.0. The van der Waals surface area contributed by atoms with E-state index in [1.54, 1.807) is 18.5 Å². The molecule has 19 heavy (non-hydrogen) atoms. The minimum absolute atomic E-state index is 0.00888. The third-order valence-electron chi connectivity index (χ3n) is 2.62. The van der Waals surface area contributed by atoms with E-state index in [4.69, 9.17) is 5.11 Å². The van der Waals surface area contributed by atoms with Gasteiger partial charge in [-0.2, -0.15) is 0 Å². The van der Waals surface area contributed by atoms with Crippen LogP contribution in [0.2, 0.25) is 0 Å². The summed E-state index contributed by atoms with van der Waals surface area (Å²) in [6.45, 7) is 0.670. The molecule has 0 amide bonds. The van der Waals surface area contributed by atoms with Gasteiger partial charge < -0.3 is 9.67 Å². The smallest absolute Gasteiger partial charge is 0.328 e. The van der Waals surface area contributed by atoms with Crippen LogP contribution in [0, 0.1) is 0 Å². The number of benzene rings is 1. The van der Waals surface area contributed by atoms with Crippen LogP contribution in [-0.2, 0) is 11.3 Å². The summed E-state index contributed by atoms with van der Waals surface area (Å²) in [6, 6.07) is 10.6. The molecule has 96 valence electrons. The number of carboxylic acids is 1. The molecule has 0 bridgehead atoms. The van der Waals surface area contributed by atoms with Gasteiger partial charge in [0.1, 0.15) is 0 Å². The number of hydrogen-bond acceptors (Lipinski definition) is 2. The Labute approximate surface area is 110 Å². The zero-order valence-electron chi connectivity index (χ0n) is 10.2. The molecule has 0 saturated heterocycles. The van der Waals surface area contributed by atoms with Crippen LogP contribution in [0.25, 0.3) is 6.08 Å². The van der Waals surface area contributed by atoms with Gasteiger partial charge in [0, 0.05) is 37.1 Å². The van der Waals surface area contributed by atoms with Gasteiger partial charge in [-0.3, -0.25) is 4.79 Å². The highest BCUT2D eigenvalue weighted by atomic mass is 16.4. The average molecular weight is 255 g/mol. The first-order chi connectivity index (χ1) is 9.13. The second kappa shape index (κ2) is 5.82. The van der Waals surface area contributed by atoms with Crippen molar-refractivity contribution in [2.75, 3.05) is 0 Å². The number of aliphatic carboxylic acids is 1. The number of carboxylic acid groups (broad SMARTS) is 1. The van der Waals surface area contributed by atoms with E-state index in [-0.39, 0.29) is 5.43 Å². The van der Waals surface area contributed by atoms with E-state index >= 15 is 0 Å². The van der Waals surface area contributed by atoms with Gasteiger partial charge in [0.2, 0.25) is 0 Å². The Morgan fingerprint density at radius 1 is 1.11 bits per heavy atom. The van der Waals surface area contributed by atoms with Crippen LogP contribution < -0.4 is 5.43 Å². The summed E-state index contributed by atoms with van der Waals surface area (Å²) in [4.78, 5) is 21.4. The zero-order chi connectivity index (χ0) is 13.7. The van der Waals surface area contributed by atoms with Crippen molar-refractivity contribution in [3.63, 3.8) is 0 Å². The van der Waals surface area contributed by atoms with Gasteiger partial charge in [-0.05, 0) is 17.2 Å². The van der Waals surface area contributed by atoms with Gasteiger partial charge in [0.25, 0.3) is 0 Å². The highest BCUT2D eigenvalue weighted by Gasteiger charge is 1.95.